The van der Waals surface area contributed by atoms with Gasteiger partial charge in [-0.3, -0.25) is 9.55 Å². The normalized spacial score (nSPS) is 11.0. The fourth-order valence-corrected chi connectivity index (χ4v) is 4.11. The van der Waals surface area contributed by atoms with Gasteiger partial charge in [0.05, 0.1) is 0 Å². The third kappa shape index (κ3) is 3.96. The maximum Gasteiger partial charge on any atom is 0.196 e. The molecule has 4 rings (SSSR count). The summed E-state index contributed by atoms with van der Waals surface area (Å²) < 4.78 is 2.06. The van der Waals surface area contributed by atoms with E-state index in [4.69, 9.17) is 11.6 Å². The second-order valence-electron chi connectivity index (χ2n) is 6.58. The molecule has 4 aromatic rings. The SMILES string of the molecule is Cc1ccc(C)c(CSc2nnc(-c3cccnc3)n2-c2ccc(Cl)cc2)c1. The first-order valence-corrected chi connectivity index (χ1v) is 10.3. The van der Waals surface area contributed by atoms with E-state index in [1.165, 1.54) is 16.7 Å². The standard InChI is InChI=1S/C22H19ClN4S/c1-15-5-6-16(2)18(12-15)14-28-22-26-25-21(17-4-3-11-24-13-17)27(22)20-9-7-19(23)8-10-20/h3-13H,14H2,1-2H3. The maximum atomic E-state index is 6.09. The molecule has 4 nitrogen and oxygen atoms in total. The van der Waals surface area contributed by atoms with E-state index in [1.54, 1.807) is 24.2 Å². The van der Waals surface area contributed by atoms with E-state index in [9.17, 15) is 0 Å². The van der Waals surface area contributed by atoms with Crippen LogP contribution in [0, 0.1) is 13.8 Å². The number of thioether (sulfide) groups is 1. The molecule has 0 radical (unpaired) electrons. The number of aromatic nitrogens is 4. The Balaban J connectivity index is 1.74. The highest BCUT2D eigenvalue weighted by Crippen LogP contribution is 2.30. The van der Waals surface area contributed by atoms with Gasteiger partial charge in [0.25, 0.3) is 0 Å². The van der Waals surface area contributed by atoms with Crippen molar-refractivity contribution in [1.82, 2.24) is 19.7 Å². The van der Waals surface area contributed by atoms with Crippen LogP contribution in [0.4, 0.5) is 0 Å². The van der Waals surface area contributed by atoms with Crippen LogP contribution < -0.4 is 0 Å². The monoisotopic (exact) mass is 406 g/mol. The number of hydrogen-bond acceptors (Lipinski definition) is 4. The van der Waals surface area contributed by atoms with Crippen LogP contribution in [0.2, 0.25) is 5.02 Å². The fraction of sp³-hybridized carbons (Fsp3) is 0.136. The van der Waals surface area contributed by atoms with Crippen LogP contribution in [0.25, 0.3) is 17.1 Å². The molecule has 2 heterocycles. The lowest BCUT2D eigenvalue weighted by Crippen LogP contribution is -2.00. The minimum Gasteiger partial charge on any atom is -0.270 e. The largest absolute Gasteiger partial charge is 0.270 e. The van der Waals surface area contributed by atoms with Crippen LogP contribution >= 0.6 is 23.4 Å². The number of aryl methyl sites for hydroxylation is 2. The van der Waals surface area contributed by atoms with E-state index in [1.807, 2.05) is 36.4 Å². The van der Waals surface area contributed by atoms with Crippen LogP contribution in [0.5, 0.6) is 0 Å². The summed E-state index contributed by atoms with van der Waals surface area (Å²) >= 11 is 7.76. The van der Waals surface area contributed by atoms with Crippen LogP contribution in [0.1, 0.15) is 16.7 Å². The van der Waals surface area contributed by atoms with Crippen molar-refractivity contribution in [2.75, 3.05) is 0 Å². The summed E-state index contributed by atoms with van der Waals surface area (Å²) in [6.45, 7) is 4.25. The second-order valence-corrected chi connectivity index (χ2v) is 7.96. The lowest BCUT2D eigenvalue weighted by Gasteiger charge is -2.11. The Morgan fingerprint density at radius 2 is 1.82 bits per heavy atom. The van der Waals surface area contributed by atoms with Crippen molar-refractivity contribution in [3.8, 4) is 17.1 Å². The summed E-state index contributed by atoms with van der Waals surface area (Å²) in [5.41, 5.74) is 5.73. The van der Waals surface area contributed by atoms with E-state index in [-0.39, 0.29) is 0 Å². The highest BCUT2D eigenvalue weighted by atomic mass is 35.5. The van der Waals surface area contributed by atoms with E-state index < -0.39 is 0 Å². The van der Waals surface area contributed by atoms with Crippen LogP contribution in [0.15, 0.2) is 72.1 Å². The molecule has 0 amide bonds. The van der Waals surface area contributed by atoms with Gasteiger partial charge in [-0.2, -0.15) is 0 Å². The van der Waals surface area contributed by atoms with Crippen molar-refractivity contribution < 1.29 is 0 Å². The first kappa shape index (κ1) is 18.7. The third-order valence-corrected chi connectivity index (χ3v) is 5.73. The molecule has 2 aromatic heterocycles. The van der Waals surface area contributed by atoms with Crippen molar-refractivity contribution in [2.45, 2.75) is 24.8 Å². The predicted octanol–water partition coefficient (Wildman–Crippen LogP) is 5.89. The van der Waals surface area contributed by atoms with Gasteiger partial charge in [-0.1, -0.05) is 47.1 Å². The van der Waals surface area contributed by atoms with Gasteiger partial charge in [-0.05, 0) is 61.4 Å². The van der Waals surface area contributed by atoms with Crippen LogP contribution in [0.3, 0.4) is 0 Å². The summed E-state index contributed by atoms with van der Waals surface area (Å²) in [7, 11) is 0. The lowest BCUT2D eigenvalue weighted by atomic mass is 10.1. The van der Waals surface area contributed by atoms with Crippen molar-refractivity contribution >= 4 is 23.4 Å². The topological polar surface area (TPSA) is 43.6 Å². The Hall–Kier alpha value is -2.63. The summed E-state index contributed by atoms with van der Waals surface area (Å²) in [5, 5.41) is 10.5. The molecule has 2 aromatic carbocycles. The fourth-order valence-electron chi connectivity index (χ4n) is 2.97. The molecule has 0 N–H and O–H groups in total. The minimum absolute atomic E-state index is 0.698. The predicted molar refractivity (Wildman–Crippen MR) is 115 cm³/mol. The Morgan fingerprint density at radius 1 is 1.00 bits per heavy atom. The van der Waals surface area contributed by atoms with Crippen LogP contribution in [-0.2, 0) is 5.75 Å². The second kappa shape index (κ2) is 8.17. The molecule has 0 saturated carbocycles. The zero-order chi connectivity index (χ0) is 19.5. The number of benzene rings is 2. The lowest BCUT2D eigenvalue weighted by molar-refractivity contribution is 0.885. The average molecular weight is 407 g/mol. The number of pyridine rings is 1. The Kier molecular flexibility index (Phi) is 5.46. The summed E-state index contributed by atoms with van der Waals surface area (Å²) in [5.74, 6) is 1.59. The minimum atomic E-state index is 0.698. The smallest absolute Gasteiger partial charge is 0.196 e. The Bertz CT molecular complexity index is 1090. The molecular formula is C22H19ClN4S. The van der Waals surface area contributed by atoms with E-state index in [0.717, 1.165) is 28.0 Å². The Morgan fingerprint density at radius 3 is 2.57 bits per heavy atom. The Labute approximate surface area is 173 Å². The molecule has 0 bridgehead atoms. The van der Waals surface area contributed by atoms with Gasteiger partial charge in [0.1, 0.15) is 0 Å². The summed E-state index contributed by atoms with van der Waals surface area (Å²) in [6.07, 6.45) is 3.55. The molecule has 28 heavy (non-hydrogen) atoms. The summed E-state index contributed by atoms with van der Waals surface area (Å²) in [4.78, 5) is 4.23. The number of nitrogens with zero attached hydrogens (tertiary/aromatic N) is 4. The average Bonchev–Trinajstić information content (AvgIpc) is 3.14. The molecule has 0 saturated heterocycles. The third-order valence-electron chi connectivity index (χ3n) is 4.50. The molecule has 0 aliphatic carbocycles. The van der Waals surface area contributed by atoms with Gasteiger partial charge in [0, 0.05) is 34.4 Å². The van der Waals surface area contributed by atoms with Crippen molar-refractivity contribution in [3.63, 3.8) is 0 Å². The van der Waals surface area contributed by atoms with E-state index >= 15 is 0 Å². The van der Waals surface area contributed by atoms with Gasteiger partial charge in [-0.15, -0.1) is 10.2 Å². The molecule has 0 atom stereocenters. The number of rotatable bonds is 5. The zero-order valence-electron chi connectivity index (χ0n) is 15.6. The molecule has 140 valence electrons. The van der Waals surface area contributed by atoms with E-state index in [0.29, 0.717) is 5.02 Å². The van der Waals surface area contributed by atoms with Crippen molar-refractivity contribution in [2.24, 2.45) is 0 Å². The van der Waals surface area contributed by atoms with Crippen LogP contribution in [-0.4, -0.2) is 19.7 Å². The quantitative estimate of drug-likeness (QED) is 0.387. The number of hydrogen-bond donors (Lipinski definition) is 0. The first-order chi connectivity index (χ1) is 13.6. The first-order valence-electron chi connectivity index (χ1n) is 8.92. The molecule has 0 aliphatic heterocycles. The maximum absolute atomic E-state index is 6.09. The zero-order valence-corrected chi connectivity index (χ0v) is 17.2. The van der Waals surface area contributed by atoms with Gasteiger partial charge >= 0.3 is 0 Å². The molecule has 0 spiro atoms. The molecule has 0 fully saturated rings. The van der Waals surface area contributed by atoms with Crippen molar-refractivity contribution in [3.05, 3.63) is 88.7 Å². The molecule has 0 aliphatic rings. The molecular weight excluding hydrogens is 388 g/mol. The van der Waals surface area contributed by atoms with Gasteiger partial charge in [-0.25, -0.2) is 0 Å². The van der Waals surface area contributed by atoms with E-state index in [2.05, 4.69) is 51.8 Å². The summed E-state index contributed by atoms with van der Waals surface area (Å²) in [6, 6.07) is 18.1. The van der Waals surface area contributed by atoms with Crippen molar-refractivity contribution in [1.29, 1.82) is 0 Å². The molecule has 0 unspecified atom stereocenters. The van der Waals surface area contributed by atoms with Gasteiger partial charge < -0.3 is 0 Å². The highest BCUT2D eigenvalue weighted by molar-refractivity contribution is 7.98. The highest BCUT2D eigenvalue weighted by Gasteiger charge is 2.16. The van der Waals surface area contributed by atoms with Gasteiger partial charge in [0.15, 0.2) is 11.0 Å². The van der Waals surface area contributed by atoms with Gasteiger partial charge in [0.2, 0.25) is 0 Å². The number of halogens is 1. The molecule has 6 heteroatoms.